The summed E-state index contributed by atoms with van der Waals surface area (Å²) in [4.78, 5) is 16.6. The van der Waals surface area contributed by atoms with Crippen LogP contribution in [0, 0.1) is 6.92 Å². The van der Waals surface area contributed by atoms with E-state index in [9.17, 15) is 4.79 Å². The lowest BCUT2D eigenvalue weighted by Gasteiger charge is -2.07. The van der Waals surface area contributed by atoms with Crippen molar-refractivity contribution in [2.75, 3.05) is 11.9 Å². The number of nitrogens with one attached hydrogen (secondary N) is 1. The van der Waals surface area contributed by atoms with Gasteiger partial charge in [-0.3, -0.25) is 9.78 Å². The van der Waals surface area contributed by atoms with Gasteiger partial charge in [0.05, 0.1) is 12.2 Å². The minimum atomic E-state index is -0.272. The normalized spacial score (nSPS) is 12.5. The molecule has 120 valence electrons. The Bertz CT molecular complexity index is 917. The Morgan fingerprint density at radius 1 is 1.21 bits per heavy atom. The molecule has 0 unspecified atom stereocenters. The van der Waals surface area contributed by atoms with Crippen LogP contribution in [0.3, 0.4) is 0 Å². The van der Waals surface area contributed by atoms with E-state index >= 15 is 0 Å². The smallest absolute Gasteiger partial charge is 0.258 e. The number of rotatable bonds is 3. The summed E-state index contributed by atoms with van der Waals surface area (Å²) >= 11 is 0. The summed E-state index contributed by atoms with van der Waals surface area (Å²) < 4.78 is 10.4. The van der Waals surface area contributed by atoms with Crippen molar-refractivity contribution >= 4 is 11.7 Å². The van der Waals surface area contributed by atoms with Crippen LogP contribution in [0.15, 0.2) is 47.4 Å². The van der Waals surface area contributed by atoms with Gasteiger partial charge in [-0.1, -0.05) is 11.2 Å². The third-order valence-electron chi connectivity index (χ3n) is 4.00. The Kier molecular flexibility index (Phi) is 3.49. The predicted molar refractivity (Wildman–Crippen MR) is 88.1 cm³/mol. The van der Waals surface area contributed by atoms with Gasteiger partial charge in [-0.15, -0.1) is 0 Å². The van der Waals surface area contributed by atoms with Crippen LogP contribution in [0.5, 0.6) is 5.75 Å². The number of aryl methyl sites for hydroxylation is 1. The summed E-state index contributed by atoms with van der Waals surface area (Å²) in [7, 11) is 0. The number of pyridine rings is 1. The van der Waals surface area contributed by atoms with Crippen LogP contribution in [-0.2, 0) is 6.42 Å². The van der Waals surface area contributed by atoms with Gasteiger partial charge in [0.25, 0.3) is 5.91 Å². The molecular weight excluding hydrogens is 306 g/mol. The molecule has 2 aromatic heterocycles. The molecule has 6 heteroatoms. The van der Waals surface area contributed by atoms with Crippen molar-refractivity contribution in [3.05, 3.63) is 59.6 Å². The Morgan fingerprint density at radius 3 is 2.96 bits per heavy atom. The number of benzene rings is 1. The molecule has 24 heavy (non-hydrogen) atoms. The van der Waals surface area contributed by atoms with Gasteiger partial charge >= 0.3 is 0 Å². The number of hydrogen-bond acceptors (Lipinski definition) is 5. The quantitative estimate of drug-likeness (QED) is 0.801. The number of carbonyl (C=O) groups excluding carboxylic acids is 1. The minimum Gasteiger partial charge on any atom is -0.493 e. The Labute approximate surface area is 138 Å². The topological polar surface area (TPSA) is 77.3 Å². The standard InChI is InChI=1S/C18H15N3O3/c1-11-10-24-21-17(11)20-18(22)15-7-14(8-19-9-15)12-2-3-16-13(6-12)4-5-23-16/h2-3,6-10H,4-5H2,1H3,(H,20,21,22). The van der Waals surface area contributed by atoms with Crippen LogP contribution in [0.2, 0.25) is 0 Å². The number of carbonyl (C=O) groups is 1. The van der Waals surface area contributed by atoms with Gasteiger partial charge in [0, 0.05) is 29.9 Å². The highest BCUT2D eigenvalue weighted by Crippen LogP contribution is 2.30. The molecule has 0 radical (unpaired) electrons. The van der Waals surface area contributed by atoms with Gasteiger partial charge in [0.2, 0.25) is 0 Å². The summed E-state index contributed by atoms with van der Waals surface area (Å²) in [6.45, 7) is 2.53. The second kappa shape index (κ2) is 5.81. The molecule has 0 aliphatic carbocycles. The second-order valence-electron chi connectivity index (χ2n) is 5.68. The summed E-state index contributed by atoms with van der Waals surface area (Å²) in [6, 6.07) is 7.84. The molecule has 1 aliphatic heterocycles. The molecular formula is C18H15N3O3. The van der Waals surface area contributed by atoms with Crippen molar-refractivity contribution in [2.45, 2.75) is 13.3 Å². The lowest BCUT2D eigenvalue weighted by molar-refractivity contribution is 0.102. The van der Waals surface area contributed by atoms with Crippen molar-refractivity contribution in [1.82, 2.24) is 10.1 Å². The lowest BCUT2D eigenvalue weighted by Crippen LogP contribution is -2.13. The van der Waals surface area contributed by atoms with Crippen LogP contribution >= 0.6 is 0 Å². The maximum Gasteiger partial charge on any atom is 0.258 e. The molecule has 0 saturated heterocycles. The summed E-state index contributed by atoms with van der Waals surface area (Å²) in [5.41, 5.74) is 4.31. The van der Waals surface area contributed by atoms with Crippen molar-refractivity contribution < 1.29 is 14.1 Å². The van der Waals surface area contributed by atoms with Crippen LogP contribution in [0.1, 0.15) is 21.5 Å². The Balaban J connectivity index is 1.61. The van der Waals surface area contributed by atoms with Crippen LogP contribution in [-0.4, -0.2) is 22.7 Å². The first kappa shape index (κ1) is 14.4. The molecule has 0 spiro atoms. The van der Waals surface area contributed by atoms with Gasteiger partial charge < -0.3 is 14.6 Å². The van der Waals surface area contributed by atoms with Gasteiger partial charge in [-0.05, 0) is 36.2 Å². The molecule has 1 aromatic carbocycles. The molecule has 0 fully saturated rings. The number of hydrogen-bond donors (Lipinski definition) is 1. The van der Waals surface area contributed by atoms with E-state index in [2.05, 4.69) is 21.5 Å². The molecule has 1 N–H and O–H groups in total. The van der Waals surface area contributed by atoms with Gasteiger partial charge in [-0.25, -0.2) is 0 Å². The van der Waals surface area contributed by atoms with Crippen LogP contribution < -0.4 is 10.1 Å². The molecule has 0 atom stereocenters. The average Bonchev–Trinajstić information content (AvgIpc) is 3.23. The number of fused-ring (bicyclic) bond motifs is 1. The maximum absolute atomic E-state index is 12.4. The zero-order chi connectivity index (χ0) is 16.5. The molecule has 1 aliphatic rings. The van der Waals surface area contributed by atoms with Gasteiger partial charge in [-0.2, -0.15) is 0 Å². The van der Waals surface area contributed by atoms with E-state index in [0.717, 1.165) is 35.5 Å². The highest BCUT2D eigenvalue weighted by atomic mass is 16.5. The third kappa shape index (κ3) is 2.62. The molecule has 4 rings (SSSR count). The fraction of sp³-hybridized carbons (Fsp3) is 0.167. The van der Waals surface area contributed by atoms with Crippen molar-refractivity contribution in [2.24, 2.45) is 0 Å². The number of aromatic nitrogens is 2. The first-order valence-corrected chi connectivity index (χ1v) is 7.64. The number of nitrogens with zero attached hydrogens (tertiary/aromatic N) is 2. The van der Waals surface area contributed by atoms with Crippen LogP contribution in [0.25, 0.3) is 11.1 Å². The number of anilines is 1. The molecule has 6 nitrogen and oxygen atoms in total. The molecule has 3 aromatic rings. The third-order valence-corrected chi connectivity index (χ3v) is 4.00. The van der Waals surface area contributed by atoms with Crippen LogP contribution in [0.4, 0.5) is 5.82 Å². The summed E-state index contributed by atoms with van der Waals surface area (Å²) in [5, 5.41) is 6.48. The largest absolute Gasteiger partial charge is 0.493 e. The lowest BCUT2D eigenvalue weighted by atomic mass is 10.0. The zero-order valence-corrected chi connectivity index (χ0v) is 13.1. The fourth-order valence-corrected chi connectivity index (χ4v) is 2.68. The molecule has 1 amide bonds. The first-order valence-electron chi connectivity index (χ1n) is 7.64. The Hall–Kier alpha value is -3.15. The first-order chi connectivity index (χ1) is 11.7. The molecule has 0 saturated carbocycles. The van der Waals surface area contributed by atoms with E-state index in [-0.39, 0.29) is 5.91 Å². The van der Waals surface area contributed by atoms with Crippen molar-refractivity contribution in [3.63, 3.8) is 0 Å². The maximum atomic E-state index is 12.4. The SMILES string of the molecule is Cc1conc1NC(=O)c1cncc(-c2ccc3c(c2)CCO3)c1. The highest BCUT2D eigenvalue weighted by Gasteiger charge is 2.15. The summed E-state index contributed by atoms with van der Waals surface area (Å²) in [5.74, 6) is 1.08. The highest BCUT2D eigenvalue weighted by molar-refractivity contribution is 6.04. The van der Waals surface area contributed by atoms with E-state index in [1.165, 1.54) is 18.0 Å². The van der Waals surface area contributed by atoms with Crippen molar-refractivity contribution in [1.29, 1.82) is 0 Å². The van der Waals surface area contributed by atoms with E-state index in [1.807, 2.05) is 25.1 Å². The number of ether oxygens (including phenoxy) is 1. The monoisotopic (exact) mass is 321 g/mol. The summed E-state index contributed by atoms with van der Waals surface area (Å²) in [6.07, 6.45) is 5.67. The zero-order valence-electron chi connectivity index (χ0n) is 13.1. The van der Waals surface area contributed by atoms with E-state index < -0.39 is 0 Å². The van der Waals surface area contributed by atoms with E-state index in [1.54, 1.807) is 6.20 Å². The van der Waals surface area contributed by atoms with Gasteiger partial charge in [0.1, 0.15) is 12.0 Å². The van der Waals surface area contributed by atoms with Crippen molar-refractivity contribution in [3.8, 4) is 16.9 Å². The average molecular weight is 321 g/mol. The predicted octanol–water partition coefficient (Wildman–Crippen LogP) is 3.23. The second-order valence-corrected chi connectivity index (χ2v) is 5.68. The number of amides is 1. The van der Waals surface area contributed by atoms with E-state index in [4.69, 9.17) is 9.26 Å². The van der Waals surface area contributed by atoms with E-state index in [0.29, 0.717) is 11.4 Å². The Morgan fingerprint density at radius 2 is 2.12 bits per heavy atom. The fourth-order valence-electron chi connectivity index (χ4n) is 2.68. The van der Waals surface area contributed by atoms with Gasteiger partial charge in [0.15, 0.2) is 5.82 Å². The molecule has 3 heterocycles. The molecule has 0 bridgehead atoms. The minimum absolute atomic E-state index is 0.272.